The van der Waals surface area contributed by atoms with Crippen LogP contribution in [0.2, 0.25) is 0 Å². The first-order valence-electron chi connectivity index (χ1n) is 18.0. The number of rotatable bonds is 6. The normalized spacial score (nSPS) is 11.7. The molecule has 3 heterocycles. The lowest BCUT2D eigenvalue weighted by Crippen LogP contribution is -2.10. The zero-order valence-corrected chi connectivity index (χ0v) is 29.8. The highest BCUT2D eigenvalue weighted by Gasteiger charge is 2.21. The summed E-state index contributed by atoms with van der Waals surface area (Å²) in [5.74, 6) is 0.617. The lowest BCUT2D eigenvalue weighted by atomic mass is 10.0. The maximum atomic E-state index is 6.41. The molecule has 0 aliphatic rings. The third-order valence-corrected chi connectivity index (χ3v) is 11.4. The highest BCUT2D eigenvalue weighted by Crippen LogP contribution is 2.47. The maximum absolute atomic E-state index is 6.41. The van der Waals surface area contributed by atoms with E-state index in [0.29, 0.717) is 5.89 Å². The molecule has 5 heteroatoms. The highest BCUT2D eigenvalue weighted by atomic mass is 32.1. The molecule has 0 spiro atoms. The zero-order chi connectivity index (χ0) is 35.6. The molecule has 0 bridgehead atoms. The molecular formula is C49H30N2O2S. The predicted molar refractivity (Wildman–Crippen MR) is 225 cm³/mol. The standard InChI is InChI=1S/C49H30N2O2S/c1-3-10-31(11-4-1)33-18-20-35(21-19-33)49-50-41-29-40-47(30-45(41)53-49)54-46-17-9-15-42(48(40)46)51(36-24-22-34(23-25-36)32-12-5-2-6-13-32)37-26-27-39-38-14-7-8-16-43(38)52-44(39)28-37/h1-30H. The lowest BCUT2D eigenvalue weighted by Gasteiger charge is -2.26. The van der Waals surface area contributed by atoms with Crippen LogP contribution in [-0.4, -0.2) is 4.98 Å². The number of furan rings is 1. The second-order valence-corrected chi connectivity index (χ2v) is 14.6. The van der Waals surface area contributed by atoms with Crippen molar-refractivity contribution >= 4 is 81.6 Å². The second-order valence-electron chi connectivity index (χ2n) is 13.6. The minimum absolute atomic E-state index is 0.617. The van der Waals surface area contributed by atoms with E-state index in [1.54, 1.807) is 11.3 Å². The van der Waals surface area contributed by atoms with Crippen molar-refractivity contribution in [2.75, 3.05) is 4.90 Å². The van der Waals surface area contributed by atoms with Crippen molar-refractivity contribution in [2.24, 2.45) is 0 Å². The van der Waals surface area contributed by atoms with E-state index in [4.69, 9.17) is 13.8 Å². The summed E-state index contributed by atoms with van der Waals surface area (Å²) in [7, 11) is 0. The molecule has 11 rings (SSSR count). The van der Waals surface area contributed by atoms with E-state index in [2.05, 4.69) is 169 Å². The Labute approximate surface area is 314 Å². The van der Waals surface area contributed by atoms with Crippen LogP contribution < -0.4 is 4.90 Å². The summed E-state index contributed by atoms with van der Waals surface area (Å²) < 4.78 is 15.2. The molecule has 0 saturated carbocycles. The zero-order valence-electron chi connectivity index (χ0n) is 28.9. The van der Waals surface area contributed by atoms with E-state index in [0.717, 1.165) is 71.3 Å². The van der Waals surface area contributed by atoms with Gasteiger partial charge in [0.15, 0.2) is 5.58 Å². The average molecular weight is 711 g/mol. The van der Waals surface area contributed by atoms with Crippen LogP contribution in [-0.2, 0) is 0 Å². The van der Waals surface area contributed by atoms with E-state index in [9.17, 15) is 0 Å². The molecule has 3 aromatic heterocycles. The molecule has 0 aliphatic heterocycles. The molecule has 0 fully saturated rings. The van der Waals surface area contributed by atoms with Crippen LogP contribution in [0.1, 0.15) is 0 Å². The molecule has 0 aliphatic carbocycles. The number of anilines is 3. The lowest BCUT2D eigenvalue weighted by molar-refractivity contribution is 0.620. The largest absolute Gasteiger partial charge is 0.456 e. The predicted octanol–water partition coefficient (Wildman–Crippen LogP) is 14.6. The number of hydrogen-bond donors (Lipinski definition) is 0. The second kappa shape index (κ2) is 12.3. The number of aromatic nitrogens is 1. The van der Waals surface area contributed by atoms with Gasteiger partial charge in [0.2, 0.25) is 5.89 Å². The molecular weight excluding hydrogens is 681 g/mol. The summed E-state index contributed by atoms with van der Waals surface area (Å²) in [6, 6.07) is 63.9. The monoisotopic (exact) mass is 710 g/mol. The van der Waals surface area contributed by atoms with Gasteiger partial charge in [-0.1, -0.05) is 109 Å². The Kier molecular flexibility index (Phi) is 7.00. The number of oxazole rings is 1. The fourth-order valence-corrected chi connectivity index (χ4v) is 8.83. The summed E-state index contributed by atoms with van der Waals surface area (Å²) in [5.41, 5.74) is 12.2. The topological polar surface area (TPSA) is 42.4 Å². The van der Waals surface area contributed by atoms with Crippen molar-refractivity contribution in [1.82, 2.24) is 4.98 Å². The van der Waals surface area contributed by atoms with Gasteiger partial charge in [0.25, 0.3) is 0 Å². The van der Waals surface area contributed by atoms with Crippen molar-refractivity contribution in [3.63, 3.8) is 0 Å². The fraction of sp³-hybridized carbons (Fsp3) is 0. The van der Waals surface area contributed by atoms with Crippen LogP contribution in [0.5, 0.6) is 0 Å². The molecule has 0 radical (unpaired) electrons. The molecule has 54 heavy (non-hydrogen) atoms. The Morgan fingerprint density at radius 2 is 1.04 bits per heavy atom. The van der Waals surface area contributed by atoms with E-state index < -0.39 is 0 Å². The summed E-state index contributed by atoms with van der Waals surface area (Å²) in [6.07, 6.45) is 0. The van der Waals surface area contributed by atoms with Gasteiger partial charge in [-0.3, -0.25) is 0 Å². The first kappa shape index (κ1) is 30.7. The number of nitrogens with zero attached hydrogens (tertiary/aromatic N) is 2. The third-order valence-electron chi connectivity index (χ3n) is 10.3. The minimum Gasteiger partial charge on any atom is -0.456 e. The smallest absolute Gasteiger partial charge is 0.227 e. The van der Waals surface area contributed by atoms with Gasteiger partial charge in [0, 0.05) is 60.0 Å². The Balaban J connectivity index is 1.06. The van der Waals surface area contributed by atoms with Crippen LogP contribution >= 0.6 is 11.3 Å². The fourth-order valence-electron chi connectivity index (χ4n) is 7.69. The highest BCUT2D eigenvalue weighted by molar-refractivity contribution is 7.26. The number of benzene rings is 8. The number of para-hydroxylation sites is 1. The van der Waals surface area contributed by atoms with Crippen molar-refractivity contribution in [3.05, 3.63) is 182 Å². The molecule has 0 amide bonds. The summed E-state index contributed by atoms with van der Waals surface area (Å²) >= 11 is 1.78. The van der Waals surface area contributed by atoms with E-state index in [1.807, 2.05) is 18.2 Å². The minimum atomic E-state index is 0.617. The summed E-state index contributed by atoms with van der Waals surface area (Å²) in [4.78, 5) is 7.37. The molecule has 11 aromatic rings. The first-order valence-corrected chi connectivity index (χ1v) is 18.8. The first-order chi connectivity index (χ1) is 26.7. The molecule has 0 unspecified atom stereocenters. The number of hydrogen-bond acceptors (Lipinski definition) is 5. The summed E-state index contributed by atoms with van der Waals surface area (Å²) in [5, 5.41) is 4.54. The molecule has 8 aromatic carbocycles. The molecule has 4 nitrogen and oxygen atoms in total. The van der Waals surface area contributed by atoms with Gasteiger partial charge >= 0.3 is 0 Å². The molecule has 0 saturated heterocycles. The van der Waals surface area contributed by atoms with Crippen LogP contribution in [0.4, 0.5) is 17.1 Å². The third kappa shape index (κ3) is 5.09. The average Bonchev–Trinajstić information content (AvgIpc) is 3.94. The molecule has 254 valence electrons. The number of thiophene rings is 1. The molecule has 0 atom stereocenters. The van der Waals surface area contributed by atoms with Crippen LogP contribution in [0.25, 0.3) is 86.9 Å². The van der Waals surface area contributed by atoms with Gasteiger partial charge in [-0.25, -0.2) is 4.98 Å². The van der Waals surface area contributed by atoms with Crippen molar-refractivity contribution in [2.45, 2.75) is 0 Å². The van der Waals surface area contributed by atoms with Gasteiger partial charge in [0.1, 0.15) is 16.7 Å². The Morgan fingerprint density at radius 3 is 1.80 bits per heavy atom. The van der Waals surface area contributed by atoms with Crippen LogP contribution in [0.15, 0.2) is 191 Å². The Bertz CT molecular complexity index is 3140. The number of fused-ring (bicyclic) bond motifs is 7. The van der Waals surface area contributed by atoms with Gasteiger partial charge in [-0.15, -0.1) is 11.3 Å². The summed E-state index contributed by atoms with van der Waals surface area (Å²) in [6.45, 7) is 0. The van der Waals surface area contributed by atoms with Crippen molar-refractivity contribution < 1.29 is 8.83 Å². The van der Waals surface area contributed by atoms with Gasteiger partial charge in [0.05, 0.1) is 5.69 Å². The maximum Gasteiger partial charge on any atom is 0.227 e. The van der Waals surface area contributed by atoms with Gasteiger partial charge < -0.3 is 13.7 Å². The quantitative estimate of drug-likeness (QED) is 0.172. The SMILES string of the molecule is c1ccc(-c2ccc(-c3nc4cc5c(cc4o3)sc3cccc(N(c4ccc(-c6ccccc6)cc4)c4ccc6c(c4)oc4ccccc46)c35)cc2)cc1. The van der Waals surface area contributed by atoms with Crippen molar-refractivity contribution in [3.8, 4) is 33.7 Å². The van der Waals surface area contributed by atoms with Crippen molar-refractivity contribution in [1.29, 1.82) is 0 Å². The Morgan fingerprint density at radius 1 is 0.407 bits per heavy atom. The van der Waals surface area contributed by atoms with E-state index in [1.165, 1.54) is 26.8 Å². The van der Waals surface area contributed by atoms with E-state index in [-0.39, 0.29) is 0 Å². The van der Waals surface area contributed by atoms with Crippen LogP contribution in [0, 0.1) is 0 Å². The van der Waals surface area contributed by atoms with Crippen LogP contribution in [0.3, 0.4) is 0 Å². The van der Waals surface area contributed by atoms with Gasteiger partial charge in [-0.05, 0) is 82.9 Å². The van der Waals surface area contributed by atoms with Gasteiger partial charge in [-0.2, -0.15) is 0 Å². The molecule has 0 N–H and O–H groups in total. The van der Waals surface area contributed by atoms with E-state index >= 15 is 0 Å². The Hall–Kier alpha value is -6.95.